The first-order valence-corrected chi connectivity index (χ1v) is 10.8. The van der Waals surface area contributed by atoms with Gasteiger partial charge in [0.15, 0.2) is 5.76 Å². The third-order valence-electron chi connectivity index (χ3n) is 4.45. The zero-order valence-corrected chi connectivity index (χ0v) is 18.1. The number of benzene rings is 1. The van der Waals surface area contributed by atoms with E-state index in [1.165, 1.54) is 11.3 Å². The highest BCUT2D eigenvalue weighted by Crippen LogP contribution is 2.40. The SMILES string of the molecule is CC(C)OCCCN1C(=O)C(O)=C(C(=O)c2cccs2)[C@H]1c1cccc(Br)c1. The predicted molar refractivity (Wildman–Crippen MR) is 113 cm³/mol. The van der Waals surface area contributed by atoms with Crippen LogP contribution in [0.15, 0.2) is 57.6 Å². The number of hydrogen-bond donors (Lipinski definition) is 1. The molecule has 1 aromatic heterocycles. The number of aliphatic hydroxyl groups excluding tert-OH is 1. The lowest BCUT2D eigenvalue weighted by atomic mass is 9.95. The number of amides is 1. The van der Waals surface area contributed by atoms with Gasteiger partial charge in [-0.05, 0) is 49.4 Å². The highest BCUT2D eigenvalue weighted by atomic mass is 79.9. The minimum Gasteiger partial charge on any atom is -0.503 e. The summed E-state index contributed by atoms with van der Waals surface area (Å²) in [6.45, 7) is 4.79. The minimum absolute atomic E-state index is 0.109. The predicted octanol–water partition coefficient (Wildman–Crippen LogP) is 4.90. The zero-order valence-electron chi connectivity index (χ0n) is 15.7. The Hall–Kier alpha value is -1.96. The number of aliphatic hydroxyl groups is 1. The highest BCUT2D eigenvalue weighted by Gasteiger charge is 2.43. The fourth-order valence-corrected chi connectivity index (χ4v) is 4.33. The molecule has 0 fully saturated rings. The van der Waals surface area contributed by atoms with Crippen LogP contribution in [0.25, 0.3) is 0 Å². The molecule has 148 valence electrons. The van der Waals surface area contributed by atoms with Gasteiger partial charge in [-0.1, -0.05) is 34.1 Å². The van der Waals surface area contributed by atoms with Crippen LogP contribution < -0.4 is 0 Å². The molecule has 0 saturated heterocycles. The number of ketones is 1. The molecular weight excluding hydrogens is 442 g/mol. The molecule has 0 bridgehead atoms. The summed E-state index contributed by atoms with van der Waals surface area (Å²) in [5, 5.41) is 12.4. The van der Waals surface area contributed by atoms with Gasteiger partial charge in [0, 0.05) is 17.6 Å². The lowest BCUT2D eigenvalue weighted by molar-refractivity contribution is -0.129. The Balaban J connectivity index is 1.94. The molecule has 1 aliphatic rings. The molecule has 5 nitrogen and oxygen atoms in total. The molecule has 1 aromatic carbocycles. The summed E-state index contributed by atoms with van der Waals surface area (Å²) in [5.41, 5.74) is 0.909. The fourth-order valence-electron chi connectivity index (χ4n) is 3.23. The number of nitrogens with zero attached hydrogens (tertiary/aromatic N) is 1. The lowest BCUT2D eigenvalue weighted by Crippen LogP contribution is -2.32. The Morgan fingerprint density at radius 1 is 1.32 bits per heavy atom. The van der Waals surface area contributed by atoms with Crippen molar-refractivity contribution in [3.63, 3.8) is 0 Å². The van der Waals surface area contributed by atoms with E-state index in [0.717, 1.165) is 10.0 Å². The summed E-state index contributed by atoms with van der Waals surface area (Å²) >= 11 is 4.74. The molecule has 0 aliphatic carbocycles. The van der Waals surface area contributed by atoms with Crippen molar-refractivity contribution in [2.45, 2.75) is 32.4 Å². The van der Waals surface area contributed by atoms with Gasteiger partial charge in [0.2, 0.25) is 5.78 Å². The summed E-state index contributed by atoms with van der Waals surface area (Å²) in [6.07, 6.45) is 0.722. The topological polar surface area (TPSA) is 66.8 Å². The van der Waals surface area contributed by atoms with E-state index in [9.17, 15) is 14.7 Å². The molecule has 1 aliphatic heterocycles. The number of hydrogen-bond acceptors (Lipinski definition) is 5. The average Bonchev–Trinajstić information content (AvgIpc) is 3.27. The number of halogens is 1. The first-order valence-electron chi connectivity index (χ1n) is 9.09. The van der Waals surface area contributed by atoms with Crippen molar-refractivity contribution in [1.82, 2.24) is 4.90 Å². The van der Waals surface area contributed by atoms with Crippen molar-refractivity contribution in [1.29, 1.82) is 0 Å². The number of Topliss-reactive ketones (excluding diaryl/α,β-unsaturated/α-hetero) is 1. The van der Waals surface area contributed by atoms with E-state index in [1.54, 1.807) is 22.4 Å². The van der Waals surface area contributed by atoms with Crippen LogP contribution in [0.1, 0.15) is 41.5 Å². The monoisotopic (exact) mass is 463 g/mol. The van der Waals surface area contributed by atoms with E-state index >= 15 is 0 Å². The number of rotatable bonds is 8. The third-order valence-corrected chi connectivity index (χ3v) is 5.81. The number of thiophene rings is 1. The minimum atomic E-state index is -0.626. The maximum absolute atomic E-state index is 13.1. The van der Waals surface area contributed by atoms with Gasteiger partial charge in [-0.3, -0.25) is 9.59 Å². The smallest absolute Gasteiger partial charge is 0.290 e. The largest absolute Gasteiger partial charge is 0.503 e. The maximum Gasteiger partial charge on any atom is 0.290 e. The number of carbonyl (C=O) groups is 2. The Labute approximate surface area is 176 Å². The van der Waals surface area contributed by atoms with E-state index in [2.05, 4.69) is 15.9 Å². The van der Waals surface area contributed by atoms with Crippen LogP contribution in [0.3, 0.4) is 0 Å². The van der Waals surface area contributed by atoms with Gasteiger partial charge in [-0.25, -0.2) is 0 Å². The van der Waals surface area contributed by atoms with Crippen molar-refractivity contribution in [3.8, 4) is 0 Å². The van der Waals surface area contributed by atoms with Gasteiger partial charge in [0.25, 0.3) is 5.91 Å². The van der Waals surface area contributed by atoms with Crippen LogP contribution in [0, 0.1) is 0 Å². The van der Waals surface area contributed by atoms with Crippen molar-refractivity contribution in [2.24, 2.45) is 0 Å². The number of carbonyl (C=O) groups excluding carboxylic acids is 2. The Kier molecular flexibility index (Phi) is 6.69. The summed E-state index contributed by atoms with van der Waals surface area (Å²) in [7, 11) is 0. The molecule has 3 rings (SSSR count). The van der Waals surface area contributed by atoms with Gasteiger partial charge < -0.3 is 14.7 Å². The quantitative estimate of drug-likeness (QED) is 0.446. The molecule has 0 radical (unpaired) electrons. The van der Waals surface area contributed by atoms with Gasteiger partial charge in [-0.15, -0.1) is 11.3 Å². The van der Waals surface area contributed by atoms with Gasteiger partial charge in [0.05, 0.1) is 22.6 Å². The fraction of sp³-hybridized carbons (Fsp3) is 0.333. The molecule has 1 atom stereocenters. The van der Waals surface area contributed by atoms with Crippen molar-refractivity contribution < 1.29 is 19.4 Å². The van der Waals surface area contributed by atoms with Crippen molar-refractivity contribution in [2.75, 3.05) is 13.2 Å². The second kappa shape index (κ2) is 9.03. The number of ether oxygens (including phenoxy) is 1. The molecule has 0 saturated carbocycles. The Bertz CT molecular complexity index is 892. The van der Waals surface area contributed by atoms with Gasteiger partial charge in [0.1, 0.15) is 0 Å². The van der Waals surface area contributed by atoms with Gasteiger partial charge in [-0.2, -0.15) is 0 Å². The molecule has 0 spiro atoms. The van der Waals surface area contributed by atoms with Crippen LogP contribution in [0.4, 0.5) is 0 Å². The van der Waals surface area contributed by atoms with E-state index in [-0.39, 0.29) is 17.5 Å². The van der Waals surface area contributed by atoms with Gasteiger partial charge >= 0.3 is 0 Å². The molecule has 1 amide bonds. The molecule has 7 heteroatoms. The Morgan fingerprint density at radius 2 is 2.11 bits per heavy atom. The molecule has 0 unspecified atom stereocenters. The van der Waals surface area contributed by atoms with Crippen LogP contribution in [-0.2, 0) is 9.53 Å². The standard InChI is InChI=1S/C21H22BrNO4S/c1-13(2)27-10-5-9-23-18(14-6-3-7-15(22)12-14)17(20(25)21(23)26)19(24)16-8-4-11-28-16/h3-4,6-8,11-13,18,25H,5,9-10H2,1-2H3/t18-/m1/s1. The lowest BCUT2D eigenvalue weighted by Gasteiger charge is -2.27. The first kappa shape index (κ1) is 20.8. The molecule has 1 N–H and O–H groups in total. The molecule has 28 heavy (non-hydrogen) atoms. The Morgan fingerprint density at radius 3 is 2.75 bits per heavy atom. The molecule has 2 heterocycles. The normalized spacial score (nSPS) is 17.1. The van der Waals surface area contributed by atoms with Crippen LogP contribution in [0.5, 0.6) is 0 Å². The van der Waals surface area contributed by atoms with Crippen LogP contribution in [0.2, 0.25) is 0 Å². The van der Waals surface area contributed by atoms with E-state index in [1.807, 2.05) is 38.1 Å². The summed E-state index contributed by atoms with van der Waals surface area (Å²) < 4.78 is 6.41. The van der Waals surface area contributed by atoms with E-state index in [0.29, 0.717) is 24.4 Å². The second-order valence-corrected chi connectivity index (χ2v) is 8.66. The van der Waals surface area contributed by atoms with Crippen molar-refractivity contribution >= 4 is 39.0 Å². The summed E-state index contributed by atoms with van der Waals surface area (Å²) in [4.78, 5) is 27.9. The van der Waals surface area contributed by atoms with Crippen LogP contribution in [-0.4, -0.2) is 41.0 Å². The summed E-state index contributed by atoms with van der Waals surface area (Å²) in [6, 6.07) is 10.3. The maximum atomic E-state index is 13.1. The van der Waals surface area contributed by atoms with Crippen molar-refractivity contribution in [3.05, 3.63) is 68.0 Å². The molecular formula is C21H22BrNO4S. The summed E-state index contributed by atoms with van der Waals surface area (Å²) in [5.74, 6) is -1.30. The highest BCUT2D eigenvalue weighted by molar-refractivity contribution is 9.10. The third kappa shape index (κ3) is 4.37. The first-order chi connectivity index (χ1) is 13.4. The van der Waals surface area contributed by atoms with Crippen LogP contribution >= 0.6 is 27.3 Å². The molecule has 2 aromatic rings. The van der Waals surface area contributed by atoms with E-state index in [4.69, 9.17) is 4.74 Å². The zero-order chi connectivity index (χ0) is 20.3. The second-order valence-electron chi connectivity index (χ2n) is 6.80. The average molecular weight is 464 g/mol. The van der Waals surface area contributed by atoms with E-state index < -0.39 is 17.7 Å².